The molecular formula is C20H17N5O. The van der Waals surface area contributed by atoms with Gasteiger partial charge in [0, 0.05) is 52.3 Å². The molecule has 5 rings (SSSR count). The van der Waals surface area contributed by atoms with Gasteiger partial charge in [-0.15, -0.1) is 0 Å². The SMILES string of the molecule is O=C(NC1CC1)c1ccc(-c2cnc3[nH]cc(-c4cn[nH]c4)c3c2)cc1. The van der Waals surface area contributed by atoms with Crippen molar-refractivity contribution in [3.8, 4) is 22.3 Å². The molecule has 1 fully saturated rings. The standard InChI is InChI=1S/C20H17N5O/c26-20(25-16-5-6-16)13-3-1-12(2-4-13)14-7-17-18(15-9-23-24-10-15)11-22-19(17)21-8-14/h1-4,7-11,16H,5-6H2,(H,21,22)(H,23,24)(H,25,26). The van der Waals surface area contributed by atoms with Gasteiger partial charge in [-0.1, -0.05) is 12.1 Å². The van der Waals surface area contributed by atoms with E-state index < -0.39 is 0 Å². The summed E-state index contributed by atoms with van der Waals surface area (Å²) >= 11 is 0. The number of carbonyl (C=O) groups excluding carboxylic acids is 1. The molecule has 0 unspecified atom stereocenters. The third-order valence-corrected chi connectivity index (χ3v) is 4.73. The van der Waals surface area contributed by atoms with Crippen LogP contribution in [0.2, 0.25) is 0 Å². The minimum atomic E-state index is 0.000468. The van der Waals surface area contributed by atoms with E-state index in [-0.39, 0.29) is 5.91 Å². The van der Waals surface area contributed by atoms with E-state index in [4.69, 9.17) is 0 Å². The number of nitrogens with zero attached hydrogens (tertiary/aromatic N) is 2. The molecule has 3 aromatic heterocycles. The van der Waals surface area contributed by atoms with Crippen molar-refractivity contribution in [2.45, 2.75) is 18.9 Å². The molecule has 1 aliphatic rings. The van der Waals surface area contributed by atoms with Crippen LogP contribution in [0.15, 0.2) is 55.1 Å². The van der Waals surface area contributed by atoms with Gasteiger partial charge in [-0.2, -0.15) is 5.10 Å². The average Bonchev–Trinajstić information content (AvgIpc) is 3.16. The monoisotopic (exact) mass is 343 g/mol. The Bertz CT molecular complexity index is 1080. The summed E-state index contributed by atoms with van der Waals surface area (Å²) in [7, 11) is 0. The quantitative estimate of drug-likeness (QED) is 0.530. The van der Waals surface area contributed by atoms with Crippen molar-refractivity contribution >= 4 is 16.9 Å². The highest BCUT2D eigenvalue weighted by Gasteiger charge is 2.23. The number of amides is 1. The Morgan fingerprint density at radius 1 is 1.04 bits per heavy atom. The van der Waals surface area contributed by atoms with Gasteiger partial charge in [-0.25, -0.2) is 4.98 Å². The first kappa shape index (κ1) is 14.9. The maximum atomic E-state index is 12.1. The third-order valence-electron chi connectivity index (χ3n) is 4.73. The van der Waals surface area contributed by atoms with E-state index in [0.717, 1.165) is 46.1 Å². The Morgan fingerprint density at radius 2 is 1.88 bits per heavy atom. The Kier molecular flexibility index (Phi) is 3.35. The minimum Gasteiger partial charge on any atom is -0.349 e. The van der Waals surface area contributed by atoms with E-state index in [9.17, 15) is 4.79 Å². The van der Waals surface area contributed by atoms with E-state index >= 15 is 0 Å². The first-order valence-corrected chi connectivity index (χ1v) is 8.65. The van der Waals surface area contributed by atoms with Gasteiger partial charge in [-0.05, 0) is 36.6 Å². The van der Waals surface area contributed by atoms with Crippen LogP contribution in [0.1, 0.15) is 23.2 Å². The van der Waals surface area contributed by atoms with Gasteiger partial charge in [-0.3, -0.25) is 9.89 Å². The molecule has 26 heavy (non-hydrogen) atoms. The molecule has 3 N–H and O–H groups in total. The van der Waals surface area contributed by atoms with Gasteiger partial charge >= 0.3 is 0 Å². The molecule has 4 aromatic rings. The molecule has 1 amide bonds. The topological polar surface area (TPSA) is 86.5 Å². The summed E-state index contributed by atoms with van der Waals surface area (Å²) in [6.07, 6.45) is 9.62. The van der Waals surface area contributed by atoms with E-state index in [1.54, 1.807) is 6.20 Å². The summed E-state index contributed by atoms with van der Waals surface area (Å²) in [6.45, 7) is 0. The largest absolute Gasteiger partial charge is 0.349 e. The summed E-state index contributed by atoms with van der Waals surface area (Å²) in [5.41, 5.74) is 5.64. The third kappa shape index (κ3) is 2.65. The van der Waals surface area contributed by atoms with Gasteiger partial charge in [0.15, 0.2) is 0 Å². The zero-order valence-corrected chi connectivity index (χ0v) is 14.0. The number of fused-ring (bicyclic) bond motifs is 1. The number of H-pyrrole nitrogens is 2. The number of aromatic nitrogens is 4. The zero-order chi connectivity index (χ0) is 17.5. The van der Waals surface area contributed by atoms with E-state index in [1.807, 2.05) is 42.9 Å². The number of rotatable bonds is 4. The van der Waals surface area contributed by atoms with Crippen molar-refractivity contribution in [1.82, 2.24) is 25.5 Å². The number of carbonyl (C=O) groups is 1. The van der Waals surface area contributed by atoms with Crippen LogP contribution in [0, 0.1) is 0 Å². The Morgan fingerprint density at radius 3 is 2.62 bits per heavy atom. The van der Waals surface area contributed by atoms with Crippen molar-refractivity contribution in [1.29, 1.82) is 0 Å². The van der Waals surface area contributed by atoms with Gasteiger partial charge in [0.1, 0.15) is 5.65 Å². The molecule has 0 saturated heterocycles. The molecule has 0 spiro atoms. The first-order chi connectivity index (χ1) is 12.8. The van der Waals surface area contributed by atoms with Crippen LogP contribution in [-0.4, -0.2) is 32.1 Å². The summed E-state index contributed by atoms with van der Waals surface area (Å²) in [6, 6.07) is 10.1. The molecule has 1 saturated carbocycles. The van der Waals surface area contributed by atoms with Crippen LogP contribution in [-0.2, 0) is 0 Å². The summed E-state index contributed by atoms with van der Waals surface area (Å²) < 4.78 is 0. The number of nitrogens with one attached hydrogen (secondary N) is 3. The summed E-state index contributed by atoms with van der Waals surface area (Å²) in [4.78, 5) is 19.8. The fraction of sp³-hybridized carbons (Fsp3) is 0.150. The maximum absolute atomic E-state index is 12.1. The second-order valence-corrected chi connectivity index (χ2v) is 6.63. The van der Waals surface area contributed by atoms with Crippen molar-refractivity contribution in [2.75, 3.05) is 0 Å². The number of pyridine rings is 1. The lowest BCUT2D eigenvalue weighted by atomic mass is 10.0. The number of aromatic amines is 2. The van der Waals surface area contributed by atoms with Crippen LogP contribution in [0.4, 0.5) is 0 Å². The minimum absolute atomic E-state index is 0.000468. The smallest absolute Gasteiger partial charge is 0.251 e. The zero-order valence-electron chi connectivity index (χ0n) is 14.0. The number of hydrogen-bond acceptors (Lipinski definition) is 3. The molecule has 1 aliphatic carbocycles. The highest BCUT2D eigenvalue weighted by atomic mass is 16.1. The predicted octanol–water partition coefficient (Wildman–Crippen LogP) is 3.51. The van der Waals surface area contributed by atoms with Gasteiger partial charge in [0.25, 0.3) is 5.91 Å². The Hall–Kier alpha value is -3.41. The predicted molar refractivity (Wildman–Crippen MR) is 99.6 cm³/mol. The molecular weight excluding hydrogens is 326 g/mol. The lowest BCUT2D eigenvalue weighted by Crippen LogP contribution is -2.25. The molecule has 0 aliphatic heterocycles. The van der Waals surface area contributed by atoms with E-state index in [0.29, 0.717) is 11.6 Å². The van der Waals surface area contributed by atoms with Crippen molar-refractivity contribution < 1.29 is 4.79 Å². The highest BCUT2D eigenvalue weighted by Crippen LogP contribution is 2.30. The summed E-state index contributed by atoms with van der Waals surface area (Å²) in [5.74, 6) is 0.000468. The maximum Gasteiger partial charge on any atom is 0.251 e. The van der Waals surface area contributed by atoms with Crippen LogP contribution in [0.5, 0.6) is 0 Å². The molecule has 3 heterocycles. The molecule has 0 atom stereocenters. The Balaban J connectivity index is 1.48. The molecule has 6 nitrogen and oxygen atoms in total. The number of benzene rings is 1. The normalized spacial score (nSPS) is 13.8. The average molecular weight is 343 g/mol. The highest BCUT2D eigenvalue weighted by molar-refractivity contribution is 5.97. The molecule has 1 aromatic carbocycles. The van der Waals surface area contributed by atoms with Crippen LogP contribution >= 0.6 is 0 Å². The molecule has 6 heteroatoms. The van der Waals surface area contributed by atoms with Gasteiger partial charge < -0.3 is 10.3 Å². The van der Waals surface area contributed by atoms with E-state index in [2.05, 4.69) is 31.5 Å². The van der Waals surface area contributed by atoms with Crippen molar-refractivity contribution in [2.24, 2.45) is 0 Å². The molecule has 0 radical (unpaired) electrons. The summed E-state index contributed by atoms with van der Waals surface area (Å²) in [5, 5.41) is 10.9. The van der Waals surface area contributed by atoms with Crippen molar-refractivity contribution in [3.63, 3.8) is 0 Å². The lowest BCUT2D eigenvalue weighted by molar-refractivity contribution is 0.0951. The molecule has 128 valence electrons. The lowest BCUT2D eigenvalue weighted by Gasteiger charge is -2.06. The molecule has 0 bridgehead atoms. The van der Waals surface area contributed by atoms with Crippen LogP contribution in [0.25, 0.3) is 33.3 Å². The van der Waals surface area contributed by atoms with Gasteiger partial charge in [0.2, 0.25) is 0 Å². The Labute approximate surface area is 149 Å². The second kappa shape index (κ2) is 5.84. The van der Waals surface area contributed by atoms with Crippen LogP contribution in [0.3, 0.4) is 0 Å². The fourth-order valence-electron chi connectivity index (χ4n) is 3.11. The fourth-order valence-corrected chi connectivity index (χ4v) is 3.11. The van der Waals surface area contributed by atoms with Crippen LogP contribution < -0.4 is 5.32 Å². The van der Waals surface area contributed by atoms with E-state index in [1.165, 1.54) is 0 Å². The number of hydrogen-bond donors (Lipinski definition) is 3. The van der Waals surface area contributed by atoms with Gasteiger partial charge in [0.05, 0.1) is 6.20 Å². The van der Waals surface area contributed by atoms with Crippen molar-refractivity contribution in [3.05, 3.63) is 60.7 Å². The first-order valence-electron chi connectivity index (χ1n) is 8.65. The second-order valence-electron chi connectivity index (χ2n) is 6.63.